The van der Waals surface area contributed by atoms with E-state index in [-0.39, 0.29) is 11.8 Å². The molecule has 278 valence electrons. The van der Waals surface area contributed by atoms with Gasteiger partial charge in [-0.05, 0) is 50.9 Å². The molecule has 50 heavy (non-hydrogen) atoms. The molecule has 2 heterocycles. The summed E-state index contributed by atoms with van der Waals surface area (Å²) in [6.45, 7) is 10.3. The summed E-state index contributed by atoms with van der Waals surface area (Å²) in [5.74, 6) is 0.116. The second-order valence-corrected chi connectivity index (χ2v) is 14.6. The first kappa shape index (κ1) is 39.9. The van der Waals surface area contributed by atoms with E-state index in [0.29, 0.717) is 51.9 Å². The topological polar surface area (TPSA) is 112 Å². The number of hydrogen-bond donors (Lipinski definition) is 4. The Kier molecular flexibility index (Phi) is 16.7. The molecule has 6 atom stereocenters. The lowest BCUT2D eigenvalue weighted by Gasteiger charge is -2.39. The first-order valence-corrected chi connectivity index (χ1v) is 19.1. The molecule has 2 aromatic rings. The van der Waals surface area contributed by atoms with E-state index in [2.05, 4.69) is 48.4 Å². The van der Waals surface area contributed by atoms with Gasteiger partial charge < -0.3 is 40.4 Å². The Morgan fingerprint density at radius 3 is 1.26 bits per heavy atom. The summed E-state index contributed by atoms with van der Waals surface area (Å²) in [7, 11) is 4.15. The van der Waals surface area contributed by atoms with Crippen LogP contribution >= 0.6 is 0 Å². The first-order valence-electron chi connectivity index (χ1n) is 19.1. The van der Waals surface area contributed by atoms with E-state index in [0.717, 1.165) is 63.0 Å². The van der Waals surface area contributed by atoms with Crippen molar-refractivity contribution in [3.05, 3.63) is 71.8 Å². The van der Waals surface area contributed by atoms with Crippen molar-refractivity contribution in [3.8, 4) is 0 Å². The largest absolute Gasteiger partial charge is 0.389 e. The van der Waals surface area contributed by atoms with Gasteiger partial charge in [-0.2, -0.15) is 0 Å². The number of amides is 2. The predicted octanol–water partition coefficient (Wildman–Crippen LogP) is 2.78. The zero-order chi connectivity index (χ0) is 35.9. The molecule has 0 bridgehead atoms. The molecule has 2 aliphatic rings. The highest BCUT2D eigenvalue weighted by molar-refractivity contribution is 5.82. The number of hydrogen-bond acceptors (Lipinski definition) is 8. The Morgan fingerprint density at radius 1 is 0.600 bits per heavy atom. The summed E-state index contributed by atoms with van der Waals surface area (Å²) in [5, 5.41) is 31.6. The number of carbonyl (C=O) groups is 2. The molecule has 10 nitrogen and oxygen atoms in total. The number of nitrogens with one attached hydrogen (secondary N) is 2. The maximum absolute atomic E-state index is 14.0. The average Bonchev–Trinajstić information content (AvgIpc) is 3.14. The van der Waals surface area contributed by atoms with E-state index in [4.69, 9.17) is 0 Å². The Bertz CT molecular complexity index is 1160. The molecule has 2 aromatic carbocycles. The van der Waals surface area contributed by atoms with Crippen molar-refractivity contribution in [3.63, 3.8) is 0 Å². The summed E-state index contributed by atoms with van der Waals surface area (Å²) in [4.78, 5) is 36.4. The third-order valence-corrected chi connectivity index (χ3v) is 10.5. The van der Waals surface area contributed by atoms with Gasteiger partial charge in [0.1, 0.15) is 0 Å². The summed E-state index contributed by atoms with van der Waals surface area (Å²) < 4.78 is 0. The van der Waals surface area contributed by atoms with E-state index in [1.165, 1.54) is 0 Å². The molecule has 2 saturated heterocycles. The van der Waals surface area contributed by atoms with Crippen LogP contribution in [-0.2, 0) is 22.4 Å². The lowest BCUT2D eigenvalue weighted by Crippen LogP contribution is -2.62. The molecule has 0 spiro atoms. The van der Waals surface area contributed by atoms with Gasteiger partial charge in [0.15, 0.2) is 0 Å². The highest BCUT2D eigenvalue weighted by Crippen LogP contribution is 2.19. The smallest absolute Gasteiger partial charge is 0.239 e. The van der Waals surface area contributed by atoms with Crippen LogP contribution in [0.15, 0.2) is 60.7 Å². The van der Waals surface area contributed by atoms with Crippen LogP contribution in [-0.4, -0.2) is 144 Å². The van der Waals surface area contributed by atoms with Gasteiger partial charge in [0.25, 0.3) is 0 Å². The van der Waals surface area contributed by atoms with Crippen molar-refractivity contribution in [1.29, 1.82) is 0 Å². The van der Waals surface area contributed by atoms with Crippen LogP contribution < -0.4 is 10.6 Å². The number of benzene rings is 2. The van der Waals surface area contributed by atoms with Gasteiger partial charge in [0.2, 0.25) is 11.8 Å². The number of carbonyl (C=O) groups excluding carboxylic acids is 2. The normalized spacial score (nSPS) is 19.8. The highest BCUT2D eigenvalue weighted by Gasteiger charge is 2.38. The van der Waals surface area contributed by atoms with E-state index in [1.807, 2.05) is 70.5 Å². The number of rotatable bonds is 19. The molecule has 4 N–H and O–H groups in total. The maximum atomic E-state index is 14.0. The van der Waals surface area contributed by atoms with Crippen molar-refractivity contribution in [2.45, 2.75) is 102 Å². The van der Waals surface area contributed by atoms with Crippen LogP contribution in [0, 0.1) is 0 Å². The Labute approximate surface area is 301 Å². The number of unbranched alkanes of at least 4 members (excludes halogenated alkanes) is 2. The van der Waals surface area contributed by atoms with Crippen molar-refractivity contribution < 1.29 is 19.8 Å². The average molecular weight is 693 g/mol. The fourth-order valence-corrected chi connectivity index (χ4v) is 7.15. The quantitative estimate of drug-likeness (QED) is 0.178. The Hall–Kier alpha value is -2.86. The molecule has 0 saturated carbocycles. The van der Waals surface area contributed by atoms with E-state index >= 15 is 0 Å². The fraction of sp³-hybridized carbons (Fsp3) is 0.650. The number of piperazine rings is 2. The molecule has 0 aromatic heterocycles. The minimum absolute atomic E-state index is 0.0580. The highest BCUT2D eigenvalue weighted by atomic mass is 16.3. The van der Waals surface area contributed by atoms with Crippen molar-refractivity contribution >= 4 is 11.8 Å². The minimum atomic E-state index is -1.22. The molecule has 6 unspecified atom stereocenters. The summed E-state index contributed by atoms with van der Waals surface area (Å²) in [5.41, 5.74) is 2.02. The maximum Gasteiger partial charge on any atom is 0.239 e. The first-order chi connectivity index (χ1) is 24.2. The summed E-state index contributed by atoms with van der Waals surface area (Å²) in [6.07, 6.45) is 3.40. The third kappa shape index (κ3) is 12.1. The molecule has 0 aliphatic carbocycles. The van der Waals surface area contributed by atoms with Gasteiger partial charge in [-0.15, -0.1) is 0 Å². The lowest BCUT2D eigenvalue weighted by atomic mass is 9.89. The van der Waals surface area contributed by atoms with Crippen LogP contribution in [0.25, 0.3) is 0 Å². The number of aliphatic hydroxyl groups excluding tert-OH is 2. The summed E-state index contributed by atoms with van der Waals surface area (Å²) in [6, 6.07) is 17.7. The van der Waals surface area contributed by atoms with Crippen LogP contribution in [0.2, 0.25) is 0 Å². The van der Waals surface area contributed by atoms with Crippen LogP contribution in [0.3, 0.4) is 0 Å². The number of nitrogens with zero attached hydrogens (tertiary/aromatic N) is 4. The Balaban J connectivity index is 1.62. The van der Waals surface area contributed by atoms with E-state index < -0.39 is 36.4 Å². The van der Waals surface area contributed by atoms with Gasteiger partial charge >= 0.3 is 0 Å². The van der Waals surface area contributed by atoms with E-state index in [9.17, 15) is 19.8 Å². The summed E-state index contributed by atoms with van der Waals surface area (Å²) >= 11 is 0. The zero-order valence-corrected chi connectivity index (χ0v) is 31.1. The molecule has 2 fully saturated rings. The number of aliphatic hydroxyl groups is 2. The monoisotopic (exact) mass is 692 g/mol. The van der Waals surface area contributed by atoms with Crippen LogP contribution in [0.1, 0.15) is 63.5 Å². The molecular formula is C40H64N6O4. The van der Waals surface area contributed by atoms with Crippen LogP contribution in [0.5, 0.6) is 0 Å². The SMILES string of the molecule is CCCCC(NC(Cc1ccccc1)C(O)C(O)C(Cc1ccccc1)NC(CCCC)C(=O)N1CCN(C)CC1)C(=O)N1CCN(C)CC1. The Morgan fingerprint density at radius 2 is 0.940 bits per heavy atom. The molecule has 2 aliphatic heterocycles. The molecule has 0 radical (unpaired) electrons. The van der Waals surface area contributed by atoms with Gasteiger partial charge in [0.05, 0.1) is 24.3 Å². The van der Waals surface area contributed by atoms with Crippen LogP contribution in [0.4, 0.5) is 0 Å². The van der Waals surface area contributed by atoms with E-state index in [1.54, 1.807) is 0 Å². The molecular weight excluding hydrogens is 628 g/mol. The molecule has 10 heteroatoms. The standard InChI is InChI=1S/C40H64N6O4/c1-5-7-19-33(39(49)45-25-21-43(3)22-26-45)41-35(29-31-15-11-9-12-16-31)37(47)38(48)36(30-32-17-13-10-14-18-32)42-34(20-8-6-2)40(50)46-27-23-44(4)24-28-46/h9-18,33-38,41-42,47-48H,5-8,19-30H2,1-4H3. The third-order valence-electron chi connectivity index (χ3n) is 10.5. The molecule has 4 rings (SSSR count). The second-order valence-electron chi connectivity index (χ2n) is 14.6. The zero-order valence-electron chi connectivity index (χ0n) is 31.1. The van der Waals surface area contributed by atoms with Crippen molar-refractivity contribution in [1.82, 2.24) is 30.2 Å². The lowest BCUT2D eigenvalue weighted by molar-refractivity contribution is -0.137. The fourth-order valence-electron chi connectivity index (χ4n) is 7.15. The van der Waals surface area contributed by atoms with Gasteiger partial charge in [-0.3, -0.25) is 9.59 Å². The number of likely N-dealkylation sites (N-methyl/N-ethyl adjacent to an activating group) is 2. The van der Waals surface area contributed by atoms with Gasteiger partial charge in [-0.1, -0.05) is 100 Å². The molecule has 2 amide bonds. The van der Waals surface area contributed by atoms with Gasteiger partial charge in [0, 0.05) is 64.4 Å². The van der Waals surface area contributed by atoms with Crippen molar-refractivity contribution in [2.75, 3.05) is 66.5 Å². The minimum Gasteiger partial charge on any atom is -0.389 e. The second kappa shape index (κ2) is 20.9. The predicted molar refractivity (Wildman–Crippen MR) is 201 cm³/mol. The van der Waals surface area contributed by atoms with Gasteiger partial charge in [-0.25, -0.2) is 0 Å². The van der Waals surface area contributed by atoms with Crippen molar-refractivity contribution in [2.24, 2.45) is 0 Å².